The fourth-order valence-corrected chi connectivity index (χ4v) is 10.8. The third-order valence-electron chi connectivity index (χ3n) is 16.5. The molecule has 520 valence electrons. The van der Waals surface area contributed by atoms with Crippen LogP contribution in [0.3, 0.4) is 0 Å². The molecule has 0 saturated carbocycles. The van der Waals surface area contributed by atoms with Crippen molar-refractivity contribution >= 4 is 11.9 Å². The van der Waals surface area contributed by atoms with Crippen molar-refractivity contribution in [1.29, 1.82) is 0 Å². The number of rotatable bonds is 62. The Morgan fingerprint density at radius 3 is 1.21 bits per heavy atom. The summed E-state index contributed by atoms with van der Waals surface area (Å²) in [4.78, 5) is 26.7. The molecular weight excluding hydrogens is 1130 g/mol. The number of hydrogen-bond donors (Lipinski definition) is 6. The topological polar surface area (TPSA) is 175 Å². The first kappa shape index (κ1) is 84.8. The van der Waals surface area contributed by atoms with Gasteiger partial charge in [-0.3, -0.25) is 9.59 Å². The number of amides is 1. The van der Waals surface area contributed by atoms with Crippen LogP contribution in [-0.4, -0.2) is 99.6 Å². The Kier molecular flexibility index (Phi) is 61.4. The molecule has 0 spiro atoms. The number of hydrogen-bond acceptors (Lipinski definition) is 10. The molecule has 1 aliphatic heterocycles. The number of ether oxygens (including phenoxy) is 3. The second kappa shape index (κ2) is 65.8. The largest absolute Gasteiger partial charge is 0.454 e. The Hall–Kier alpha value is -4.20. The lowest BCUT2D eigenvalue weighted by Crippen LogP contribution is -2.61. The highest BCUT2D eigenvalue weighted by molar-refractivity contribution is 5.80. The summed E-state index contributed by atoms with van der Waals surface area (Å²) in [6.07, 6.45) is 83.4. The minimum Gasteiger partial charge on any atom is -0.454 e. The number of aliphatic hydroxyl groups is 5. The monoisotopic (exact) mass is 1270 g/mol. The highest BCUT2D eigenvalue weighted by Crippen LogP contribution is 2.26. The molecule has 11 heteroatoms. The predicted molar refractivity (Wildman–Crippen MR) is 384 cm³/mol. The molecule has 8 unspecified atom stereocenters. The average molecular weight is 1270 g/mol. The zero-order chi connectivity index (χ0) is 66.0. The fourth-order valence-electron chi connectivity index (χ4n) is 10.8. The molecule has 0 aromatic rings. The van der Waals surface area contributed by atoms with Crippen LogP contribution in [0.2, 0.25) is 0 Å². The van der Waals surface area contributed by atoms with Crippen LogP contribution in [0.1, 0.15) is 297 Å². The lowest BCUT2D eigenvalue weighted by Gasteiger charge is -2.41. The van der Waals surface area contributed by atoms with Crippen LogP contribution in [0, 0.1) is 0 Å². The Morgan fingerprint density at radius 2 is 0.791 bits per heavy atom. The molecule has 8 atom stereocenters. The lowest BCUT2D eigenvalue weighted by atomic mass is 9.99. The van der Waals surface area contributed by atoms with Crippen molar-refractivity contribution in [2.45, 2.75) is 346 Å². The maximum absolute atomic E-state index is 13.5. The smallest absolute Gasteiger partial charge is 0.306 e. The van der Waals surface area contributed by atoms with Crippen LogP contribution in [0.5, 0.6) is 0 Å². The Bertz CT molecular complexity index is 2000. The summed E-state index contributed by atoms with van der Waals surface area (Å²) >= 11 is 0. The van der Waals surface area contributed by atoms with E-state index in [0.717, 1.165) is 128 Å². The van der Waals surface area contributed by atoms with Gasteiger partial charge in [0, 0.05) is 6.42 Å². The molecule has 0 radical (unpaired) electrons. The second-order valence-corrected chi connectivity index (χ2v) is 24.9. The van der Waals surface area contributed by atoms with E-state index in [1.807, 2.05) is 6.08 Å². The van der Waals surface area contributed by atoms with Crippen LogP contribution in [0.25, 0.3) is 0 Å². The average Bonchev–Trinajstić information content (AvgIpc) is 1.01. The molecular formula is C80H135NO10. The lowest BCUT2D eigenvalue weighted by molar-refractivity contribution is -0.305. The van der Waals surface area contributed by atoms with Crippen LogP contribution >= 0.6 is 0 Å². The third kappa shape index (κ3) is 52.8. The summed E-state index contributed by atoms with van der Waals surface area (Å²) in [5.74, 6) is -1.23. The van der Waals surface area contributed by atoms with E-state index in [0.29, 0.717) is 12.8 Å². The number of allylic oxidation sites excluding steroid dienone is 21. The number of esters is 1. The summed E-state index contributed by atoms with van der Waals surface area (Å²) in [7, 11) is 0. The molecule has 1 saturated heterocycles. The number of aliphatic hydroxyl groups excluding tert-OH is 5. The van der Waals surface area contributed by atoms with Gasteiger partial charge in [-0.1, -0.05) is 302 Å². The fraction of sp³-hybridized carbons (Fsp3) is 0.700. The zero-order valence-electron chi connectivity index (χ0n) is 57.9. The van der Waals surface area contributed by atoms with Gasteiger partial charge in [-0.15, -0.1) is 0 Å². The van der Waals surface area contributed by atoms with E-state index >= 15 is 0 Å². The minimum absolute atomic E-state index is 0.0866. The van der Waals surface area contributed by atoms with Crippen LogP contribution < -0.4 is 5.32 Å². The Balaban J connectivity index is 2.60. The third-order valence-corrected chi connectivity index (χ3v) is 16.5. The van der Waals surface area contributed by atoms with E-state index in [1.165, 1.54) is 122 Å². The van der Waals surface area contributed by atoms with E-state index in [1.54, 1.807) is 6.08 Å². The van der Waals surface area contributed by atoms with E-state index in [9.17, 15) is 35.1 Å². The van der Waals surface area contributed by atoms with E-state index in [-0.39, 0.29) is 19.4 Å². The van der Waals surface area contributed by atoms with Crippen molar-refractivity contribution in [3.05, 3.63) is 134 Å². The molecule has 0 aromatic carbocycles. The first-order chi connectivity index (χ1) is 44.7. The van der Waals surface area contributed by atoms with E-state index in [4.69, 9.17) is 14.2 Å². The molecule has 1 amide bonds. The highest BCUT2D eigenvalue weighted by Gasteiger charge is 2.47. The molecule has 1 rings (SSSR count). The molecule has 6 N–H and O–H groups in total. The van der Waals surface area contributed by atoms with Crippen molar-refractivity contribution in [1.82, 2.24) is 5.32 Å². The summed E-state index contributed by atoms with van der Waals surface area (Å²) in [5.41, 5.74) is 0. The number of carbonyl (C=O) groups is 2. The van der Waals surface area contributed by atoms with Gasteiger partial charge in [0.1, 0.15) is 24.4 Å². The van der Waals surface area contributed by atoms with Gasteiger partial charge in [0.15, 0.2) is 12.4 Å². The minimum atomic E-state index is -1.64. The summed E-state index contributed by atoms with van der Waals surface area (Å²) < 4.78 is 17.7. The number of unbranched alkanes of at least 4 members (excludes halogenated alkanes) is 28. The quantitative estimate of drug-likeness (QED) is 0.0195. The standard InChI is InChI=1S/C80H135NO10/c1-4-7-10-13-16-19-22-25-27-29-31-33-35-36-37-39-40-42-44-46-49-52-55-58-61-64-67-73(84)79(88)81-71(72(83)66-63-60-57-54-51-48-24-21-18-15-12-9-6-3)70-89-80-78(77(87)76(86)74(69-82)90-80)91-75(85)68-65-62-59-56-53-50-47-45-43-41-38-34-32-30-28-26-23-20-17-14-11-8-5-2/h8,11,16-17,19-20,25-28,31-34,36-37,41,43,47,50,63,66,71-74,76-78,80,82-84,86-87H,4-7,9-10,12-15,18,21-24,29-30,35,38-40,42,44-46,48-49,51-62,64-65,67-70H2,1-3H3,(H,81,88)/b11-8-,19-16-,20-17-,27-25-,28-26-,33-31-,34-32-,37-36-,43-41-,50-47-,66-63+. The molecule has 0 aliphatic carbocycles. The van der Waals surface area contributed by atoms with Gasteiger partial charge in [-0.05, 0) is 122 Å². The first-order valence-corrected chi connectivity index (χ1v) is 37.0. The van der Waals surface area contributed by atoms with E-state index < -0.39 is 67.4 Å². The van der Waals surface area contributed by atoms with Gasteiger partial charge in [0.2, 0.25) is 5.91 Å². The molecule has 11 nitrogen and oxygen atoms in total. The summed E-state index contributed by atoms with van der Waals surface area (Å²) in [6.45, 7) is 5.65. The first-order valence-electron chi connectivity index (χ1n) is 37.0. The van der Waals surface area contributed by atoms with Gasteiger partial charge in [-0.2, -0.15) is 0 Å². The SMILES string of the molecule is CC/C=C\C/C=C\C/C=C\C/C=C\C/C=C\C/C=C\CCCCCCC(=O)OC1C(OCC(NC(=O)C(O)CCCCCCCCCCCC/C=C\C/C=C\C/C=C\C/C=C\CCCCC)C(O)/C=C/CCCCCCCCCCCCC)OC(CO)C(O)C1O. The van der Waals surface area contributed by atoms with Crippen molar-refractivity contribution in [2.24, 2.45) is 0 Å². The summed E-state index contributed by atoms with van der Waals surface area (Å²) in [5, 5.41) is 57.3. The van der Waals surface area contributed by atoms with E-state index in [2.05, 4.69) is 148 Å². The second-order valence-electron chi connectivity index (χ2n) is 24.9. The number of carbonyl (C=O) groups excluding carboxylic acids is 2. The molecule has 91 heavy (non-hydrogen) atoms. The maximum Gasteiger partial charge on any atom is 0.306 e. The molecule has 1 aliphatic rings. The highest BCUT2D eigenvalue weighted by atomic mass is 16.7. The van der Waals surface area contributed by atoms with Gasteiger partial charge in [0.25, 0.3) is 0 Å². The Morgan fingerprint density at radius 1 is 0.440 bits per heavy atom. The molecule has 1 fully saturated rings. The van der Waals surface area contributed by atoms with Gasteiger partial charge < -0.3 is 45.1 Å². The molecule has 1 heterocycles. The van der Waals surface area contributed by atoms with Gasteiger partial charge in [0.05, 0.1) is 25.4 Å². The van der Waals surface area contributed by atoms with Crippen molar-refractivity contribution in [2.75, 3.05) is 13.2 Å². The predicted octanol–water partition coefficient (Wildman–Crippen LogP) is 19.5. The normalized spacial score (nSPS) is 18.8. The Labute approximate surface area is 556 Å². The van der Waals surface area contributed by atoms with Crippen molar-refractivity contribution < 1.29 is 49.3 Å². The van der Waals surface area contributed by atoms with Crippen LogP contribution in [0.15, 0.2) is 134 Å². The van der Waals surface area contributed by atoms with Crippen LogP contribution in [0.4, 0.5) is 0 Å². The van der Waals surface area contributed by atoms with Crippen LogP contribution in [-0.2, 0) is 23.8 Å². The zero-order valence-corrected chi connectivity index (χ0v) is 57.9. The van der Waals surface area contributed by atoms with Gasteiger partial charge in [-0.25, -0.2) is 0 Å². The maximum atomic E-state index is 13.5. The molecule has 0 bridgehead atoms. The van der Waals surface area contributed by atoms with Crippen molar-refractivity contribution in [3.63, 3.8) is 0 Å². The molecule has 0 aromatic heterocycles. The van der Waals surface area contributed by atoms with Gasteiger partial charge >= 0.3 is 5.97 Å². The van der Waals surface area contributed by atoms with Crippen molar-refractivity contribution in [3.8, 4) is 0 Å². The summed E-state index contributed by atoms with van der Waals surface area (Å²) in [6, 6.07) is -1.04. The number of nitrogens with one attached hydrogen (secondary N) is 1.